The van der Waals surface area contributed by atoms with Gasteiger partial charge in [0, 0.05) is 44.2 Å². The lowest BCUT2D eigenvalue weighted by atomic mass is 10.1. The average molecular weight is 620 g/mol. The maximum Gasteiger partial charge on any atom is 0.243 e. The highest BCUT2D eigenvalue weighted by Gasteiger charge is 2.38. The summed E-state index contributed by atoms with van der Waals surface area (Å²) in [4.78, 5) is 43.0. The number of nitrogens with one attached hydrogen (secondary N) is 2. The van der Waals surface area contributed by atoms with Crippen LogP contribution in [0.15, 0.2) is 48.5 Å². The van der Waals surface area contributed by atoms with Gasteiger partial charge in [0.15, 0.2) is 0 Å². The van der Waals surface area contributed by atoms with Crippen LogP contribution in [0.2, 0.25) is 5.02 Å². The predicted octanol–water partition coefficient (Wildman–Crippen LogP) is 1.53. The number of nitrogens with zero attached hydrogens (tertiary/aromatic N) is 2. The largest absolute Gasteiger partial charge is 0.378 e. The first-order valence-electron chi connectivity index (χ1n) is 14.1. The fourth-order valence-corrected chi connectivity index (χ4v) is 6.85. The zero-order chi connectivity index (χ0) is 30.1. The van der Waals surface area contributed by atoms with E-state index in [9.17, 15) is 22.8 Å². The molecule has 4 rings (SSSR count). The first-order chi connectivity index (χ1) is 20.2. The maximum atomic E-state index is 13.8. The number of rotatable bonds is 12. The van der Waals surface area contributed by atoms with Crippen LogP contribution in [0, 0.1) is 0 Å². The van der Waals surface area contributed by atoms with Gasteiger partial charge in [-0.15, -0.1) is 0 Å². The van der Waals surface area contributed by atoms with Crippen LogP contribution >= 0.6 is 11.6 Å². The van der Waals surface area contributed by atoms with Gasteiger partial charge in [-0.2, -0.15) is 0 Å². The van der Waals surface area contributed by atoms with Gasteiger partial charge in [0.1, 0.15) is 12.1 Å². The second kappa shape index (κ2) is 14.9. The molecule has 0 aliphatic carbocycles. The Morgan fingerprint density at radius 3 is 2.50 bits per heavy atom. The molecular weight excluding hydrogens is 582 g/mol. The maximum absolute atomic E-state index is 13.8. The average Bonchev–Trinajstić information content (AvgIpc) is 3.48. The number of carbonyl (C=O) groups excluding carboxylic acids is 3. The topological polar surface area (TPSA) is 151 Å². The van der Waals surface area contributed by atoms with Crippen molar-refractivity contribution in [3.05, 3.63) is 70.2 Å². The van der Waals surface area contributed by atoms with E-state index in [1.54, 1.807) is 53.4 Å². The molecule has 2 aliphatic heterocycles. The molecule has 2 saturated heterocycles. The molecule has 2 heterocycles. The first-order valence-corrected chi connectivity index (χ1v) is 16.1. The minimum absolute atomic E-state index is 0.0222. The number of carbonyl (C=O) groups is 3. The van der Waals surface area contributed by atoms with E-state index in [0.29, 0.717) is 56.3 Å². The Balaban J connectivity index is 1.46. The molecule has 2 aromatic rings. The molecule has 0 saturated carbocycles. The third kappa shape index (κ3) is 8.74. The molecule has 0 bridgehead atoms. The number of nitrogens with two attached hydrogens (primary N) is 1. The second-order valence-corrected chi connectivity index (χ2v) is 12.7. The lowest BCUT2D eigenvalue weighted by Crippen LogP contribution is -2.53. The molecule has 13 heteroatoms. The number of hydrogen-bond donors (Lipinski definition) is 3. The van der Waals surface area contributed by atoms with Crippen LogP contribution in [-0.2, 0) is 48.0 Å². The Morgan fingerprint density at radius 2 is 1.79 bits per heavy atom. The highest BCUT2D eigenvalue weighted by atomic mass is 35.5. The molecule has 11 nitrogen and oxygen atoms in total. The summed E-state index contributed by atoms with van der Waals surface area (Å²) in [6.45, 7) is 2.54. The van der Waals surface area contributed by atoms with Crippen LogP contribution in [0.25, 0.3) is 0 Å². The number of likely N-dealkylation sites (tertiary alicyclic amines) is 1. The molecule has 0 unspecified atom stereocenters. The van der Waals surface area contributed by atoms with Crippen molar-refractivity contribution in [2.75, 3.05) is 32.8 Å². The SMILES string of the molecule is NCc1ccc(Cl)cc1CNC(=O)[C@@H]1CCCN1C(=O)[C@@H](CCC(=O)N1CCOCC1)NS(=O)(=O)Cc1ccccc1. The Labute approximate surface area is 251 Å². The van der Waals surface area contributed by atoms with Crippen LogP contribution in [0.3, 0.4) is 0 Å². The van der Waals surface area contributed by atoms with E-state index in [4.69, 9.17) is 22.1 Å². The fraction of sp³-hybridized carbons (Fsp3) is 0.483. The molecule has 2 aromatic carbocycles. The second-order valence-electron chi connectivity index (χ2n) is 10.5. The van der Waals surface area contributed by atoms with Crippen molar-refractivity contribution >= 4 is 39.3 Å². The molecule has 0 spiro atoms. The van der Waals surface area contributed by atoms with Gasteiger partial charge in [-0.25, -0.2) is 13.1 Å². The minimum Gasteiger partial charge on any atom is -0.378 e. The summed E-state index contributed by atoms with van der Waals surface area (Å²) >= 11 is 6.13. The van der Waals surface area contributed by atoms with Crippen molar-refractivity contribution in [3.8, 4) is 0 Å². The van der Waals surface area contributed by atoms with Gasteiger partial charge < -0.3 is 25.6 Å². The smallest absolute Gasteiger partial charge is 0.243 e. The van der Waals surface area contributed by atoms with Crippen LogP contribution in [0.5, 0.6) is 0 Å². The standard InChI is InChI=1S/C29H38ClN5O6S/c30-24-9-8-22(18-31)23(17-24)19-32-28(37)26-7-4-12-35(26)29(38)25(10-11-27(36)34-13-15-41-16-14-34)33-42(39,40)20-21-5-2-1-3-6-21/h1-3,5-6,8-9,17,25-26,33H,4,7,10-16,18-20,31H2,(H,32,37)/t25-,26+/m1/s1. The van der Waals surface area contributed by atoms with E-state index in [2.05, 4.69) is 10.0 Å². The van der Waals surface area contributed by atoms with Crippen molar-refractivity contribution < 1.29 is 27.5 Å². The molecule has 42 heavy (non-hydrogen) atoms. The summed E-state index contributed by atoms with van der Waals surface area (Å²) in [5.74, 6) is -1.36. The zero-order valence-electron chi connectivity index (χ0n) is 23.5. The van der Waals surface area contributed by atoms with Crippen molar-refractivity contribution in [1.29, 1.82) is 0 Å². The third-order valence-electron chi connectivity index (χ3n) is 7.51. The Hall–Kier alpha value is -3.03. The van der Waals surface area contributed by atoms with E-state index in [1.807, 2.05) is 0 Å². The lowest BCUT2D eigenvalue weighted by Gasteiger charge is -2.30. The minimum atomic E-state index is -3.94. The Bertz CT molecular complexity index is 1350. The monoisotopic (exact) mass is 619 g/mol. The molecule has 2 fully saturated rings. The quantitative estimate of drug-likeness (QED) is 0.326. The highest BCUT2D eigenvalue weighted by Crippen LogP contribution is 2.22. The number of sulfonamides is 1. The van der Waals surface area contributed by atoms with Gasteiger partial charge in [0.25, 0.3) is 0 Å². The zero-order valence-corrected chi connectivity index (χ0v) is 25.0. The van der Waals surface area contributed by atoms with E-state index < -0.39 is 28.0 Å². The van der Waals surface area contributed by atoms with Crippen molar-refractivity contribution in [1.82, 2.24) is 19.8 Å². The van der Waals surface area contributed by atoms with Gasteiger partial charge in [-0.3, -0.25) is 14.4 Å². The van der Waals surface area contributed by atoms with Gasteiger partial charge in [0.05, 0.1) is 19.0 Å². The summed E-state index contributed by atoms with van der Waals surface area (Å²) in [5, 5.41) is 3.40. The fourth-order valence-electron chi connectivity index (χ4n) is 5.29. The Kier molecular flexibility index (Phi) is 11.3. The van der Waals surface area contributed by atoms with E-state index in [1.165, 1.54) is 4.90 Å². The number of halogens is 1. The molecule has 0 aromatic heterocycles. The number of morpholine rings is 1. The highest BCUT2D eigenvalue weighted by molar-refractivity contribution is 7.88. The normalized spacial score (nSPS) is 18.1. The number of ether oxygens (including phenoxy) is 1. The van der Waals surface area contributed by atoms with Crippen molar-refractivity contribution in [3.63, 3.8) is 0 Å². The number of amides is 3. The third-order valence-corrected chi connectivity index (χ3v) is 9.10. The van der Waals surface area contributed by atoms with Crippen molar-refractivity contribution in [2.45, 2.75) is 56.6 Å². The molecule has 2 atom stereocenters. The predicted molar refractivity (Wildman–Crippen MR) is 159 cm³/mol. The van der Waals surface area contributed by atoms with Gasteiger partial charge in [-0.1, -0.05) is 48.0 Å². The summed E-state index contributed by atoms with van der Waals surface area (Å²) < 4.78 is 34.1. The lowest BCUT2D eigenvalue weighted by molar-refractivity contribution is -0.140. The molecular formula is C29H38ClN5O6S. The molecule has 0 radical (unpaired) electrons. The summed E-state index contributed by atoms with van der Waals surface area (Å²) in [5.41, 5.74) is 8.01. The molecule has 228 valence electrons. The molecule has 3 amide bonds. The van der Waals surface area contributed by atoms with Crippen molar-refractivity contribution in [2.24, 2.45) is 5.73 Å². The summed E-state index contributed by atoms with van der Waals surface area (Å²) in [6, 6.07) is 11.9. The van der Waals surface area contributed by atoms with Gasteiger partial charge >= 0.3 is 0 Å². The number of hydrogen-bond acceptors (Lipinski definition) is 7. The number of benzene rings is 2. The molecule has 2 aliphatic rings. The first kappa shape index (κ1) is 31.9. The van der Waals surface area contributed by atoms with E-state index in [0.717, 1.165) is 11.1 Å². The van der Waals surface area contributed by atoms with E-state index in [-0.39, 0.29) is 43.5 Å². The van der Waals surface area contributed by atoms with Crippen LogP contribution in [0.4, 0.5) is 0 Å². The van der Waals surface area contributed by atoms with E-state index >= 15 is 0 Å². The van der Waals surface area contributed by atoms with Gasteiger partial charge in [-0.05, 0) is 48.1 Å². The van der Waals surface area contributed by atoms with Gasteiger partial charge in [0.2, 0.25) is 27.7 Å². The van der Waals surface area contributed by atoms with Crippen LogP contribution < -0.4 is 15.8 Å². The van der Waals surface area contributed by atoms with Crippen LogP contribution in [0.1, 0.15) is 42.4 Å². The molecule has 4 N–H and O–H groups in total. The van der Waals surface area contributed by atoms with Crippen LogP contribution in [-0.4, -0.2) is 80.9 Å². The summed E-state index contributed by atoms with van der Waals surface area (Å²) in [7, 11) is -3.94. The summed E-state index contributed by atoms with van der Waals surface area (Å²) in [6.07, 6.45) is 0.972. The Morgan fingerprint density at radius 1 is 1.05 bits per heavy atom.